The maximum Gasteiger partial charge on any atom is 0.339 e. The largest absolute Gasteiger partial charge is 0.493 e. The average Bonchev–Trinajstić information content (AvgIpc) is 3.28. The molecule has 0 amide bonds. The van der Waals surface area contributed by atoms with Crippen molar-refractivity contribution >= 4 is 11.0 Å². The Hall–Kier alpha value is -2.99. The van der Waals surface area contributed by atoms with Crippen LogP contribution < -0.4 is 24.7 Å². The molecule has 0 fully saturated rings. The number of hydrogen-bond acceptors (Lipinski definition) is 5. The standard InChI is InChI=1S/C24H25NO5/c1-27-21-8-6-15(12-22(21)28-2)10-11-25-13-19-20(29-14-25)9-7-17-16-4-3-5-18(16)24(26)30-23(17)19/h6-9,12H,3-5,10-11,13-14H2,1-2H3/p+1. The molecule has 30 heavy (non-hydrogen) atoms. The topological polar surface area (TPSA) is 62.3 Å². The van der Waals surface area contributed by atoms with Gasteiger partial charge in [0.25, 0.3) is 0 Å². The molecule has 2 aromatic carbocycles. The second kappa shape index (κ2) is 7.69. The highest BCUT2D eigenvalue weighted by molar-refractivity contribution is 5.86. The Morgan fingerprint density at radius 3 is 2.67 bits per heavy atom. The van der Waals surface area contributed by atoms with E-state index in [1.54, 1.807) is 14.2 Å². The quantitative estimate of drug-likeness (QED) is 0.657. The molecule has 1 aliphatic carbocycles. The summed E-state index contributed by atoms with van der Waals surface area (Å²) < 4.78 is 22.6. The molecule has 0 saturated heterocycles. The average molecular weight is 408 g/mol. The molecule has 5 rings (SSSR count). The molecule has 0 spiro atoms. The molecule has 1 N–H and O–H groups in total. The van der Waals surface area contributed by atoms with Crippen LogP contribution in [0.15, 0.2) is 39.5 Å². The Morgan fingerprint density at radius 2 is 1.83 bits per heavy atom. The van der Waals surface area contributed by atoms with Crippen LogP contribution in [0.4, 0.5) is 0 Å². The van der Waals surface area contributed by atoms with Crippen molar-refractivity contribution in [1.82, 2.24) is 0 Å². The Labute approximate surface area is 175 Å². The summed E-state index contributed by atoms with van der Waals surface area (Å²) in [5.41, 5.74) is 4.75. The smallest absolute Gasteiger partial charge is 0.339 e. The third kappa shape index (κ3) is 3.21. The molecular formula is C24H26NO5+. The van der Waals surface area contributed by atoms with Crippen LogP contribution in [-0.4, -0.2) is 27.5 Å². The Balaban J connectivity index is 1.39. The van der Waals surface area contributed by atoms with Crippen LogP contribution in [0.5, 0.6) is 17.2 Å². The number of rotatable bonds is 5. The summed E-state index contributed by atoms with van der Waals surface area (Å²) in [6.45, 7) is 2.28. The molecule has 1 aliphatic heterocycles. The van der Waals surface area contributed by atoms with Gasteiger partial charge in [-0.3, -0.25) is 4.90 Å². The lowest BCUT2D eigenvalue weighted by atomic mass is 10.0. The summed E-state index contributed by atoms with van der Waals surface area (Å²) in [5, 5.41) is 1.07. The van der Waals surface area contributed by atoms with Crippen LogP contribution in [0, 0.1) is 0 Å². The van der Waals surface area contributed by atoms with E-state index in [-0.39, 0.29) is 5.63 Å². The predicted octanol–water partition coefficient (Wildman–Crippen LogP) is 2.28. The van der Waals surface area contributed by atoms with Gasteiger partial charge in [0.05, 0.1) is 26.3 Å². The van der Waals surface area contributed by atoms with E-state index in [2.05, 4.69) is 12.1 Å². The van der Waals surface area contributed by atoms with E-state index in [0.717, 1.165) is 72.5 Å². The zero-order chi connectivity index (χ0) is 20.7. The predicted molar refractivity (Wildman–Crippen MR) is 113 cm³/mol. The highest BCUT2D eigenvalue weighted by atomic mass is 16.5. The molecule has 0 saturated carbocycles. The van der Waals surface area contributed by atoms with Crippen molar-refractivity contribution in [3.63, 3.8) is 0 Å². The number of benzene rings is 2. The molecule has 2 heterocycles. The van der Waals surface area contributed by atoms with Crippen molar-refractivity contribution in [3.05, 3.63) is 63.0 Å². The number of fused-ring (bicyclic) bond motifs is 5. The van der Waals surface area contributed by atoms with Crippen LogP contribution in [0.1, 0.15) is 28.7 Å². The molecule has 1 unspecified atom stereocenters. The van der Waals surface area contributed by atoms with Gasteiger partial charge in [-0.05, 0) is 54.7 Å². The summed E-state index contributed by atoms with van der Waals surface area (Å²) in [5.74, 6) is 2.31. The van der Waals surface area contributed by atoms with E-state index in [1.165, 1.54) is 16.0 Å². The minimum absolute atomic E-state index is 0.180. The van der Waals surface area contributed by atoms with Gasteiger partial charge in [0.2, 0.25) is 6.73 Å². The minimum Gasteiger partial charge on any atom is -0.493 e. The van der Waals surface area contributed by atoms with Crippen molar-refractivity contribution in [2.75, 3.05) is 27.5 Å². The first-order valence-electron chi connectivity index (χ1n) is 10.5. The van der Waals surface area contributed by atoms with Gasteiger partial charge in [-0.15, -0.1) is 0 Å². The molecule has 3 aromatic rings. The number of aryl methyl sites for hydroxylation is 1. The zero-order valence-electron chi connectivity index (χ0n) is 17.4. The maximum atomic E-state index is 12.5. The minimum atomic E-state index is -0.180. The summed E-state index contributed by atoms with van der Waals surface area (Å²) in [6.07, 6.45) is 3.69. The molecule has 6 heteroatoms. The fraction of sp³-hybridized carbons (Fsp3) is 0.375. The third-order valence-corrected chi connectivity index (χ3v) is 6.28. The van der Waals surface area contributed by atoms with Gasteiger partial charge < -0.3 is 18.6 Å². The van der Waals surface area contributed by atoms with Gasteiger partial charge in [-0.2, -0.15) is 0 Å². The normalized spacial score (nSPS) is 17.3. The summed E-state index contributed by atoms with van der Waals surface area (Å²) in [6, 6.07) is 10.1. The lowest BCUT2D eigenvalue weighted by Crippen LogP contribution is -3.12. The van der Waals surface area contributed by atoms with Gasteiger partial charge >= 0.3 is 5.63 Å². The molecule has 0 bridgehead atoms. The summed E-state index contributed by atoms with van der Waals surface area (Å²) in [4.78, 5) is 13.8. The number of hydrogen-bond donors (Lipinski definition) is 1. The molecule has 0 radical (unpaired) electrons. The monoisotopic (exact) mass is 408 g/mol. The van der Waals surface area contributed by atoms with E-state index in [4.69, 9.17) is 18.6 Å². The SMILES string of the molecule is COc1ccc(CC[NH+]2COc3ccc4c5c(c(=O)oc4c3C2)CCC5)cc1OC. The molecule has 1 aromatic heterocycles. The first-order valence-corrected chi connectivity index (χ1v) is 10.5. The Bertz CT molecular complexity index is 1170. The Kier molecular flexibility index (Phi) is 4.87. The number of nitrogens with one attached hydrogen (secondary N) is 1. The van der Waals surface area contributed by atoms with E-state index in [1.807, 2.05) is 18.2 Å². The first kappa shape index (κ1) is 19.0. The second-order valence-electron chi connectivity index (χ2n) is 8.02. The van der Waals surface area contributed by atoms with Gasteiger partial charge in [0.15, 0.2) is 17.1 Å². The van der Waals surface area contributed by atoms with E-state index < -0.39 is 0 Å². The van der Waals surface area contributed by atoms with Crippen LogP contribution in [0.3, 0.4) is 0 Å². The number of methoxy groups -OCH3 is 2. The maximum absolute atomic E-state index is 12.5. The third-order valence-electron chi connectivity index (χ3n) is 6.28. The van der Waals surface area contributed by atoms with Crippen molar-refractivity contribution in [2.24, 2.45) is 0 Å². The van der Waals surface area contributed by atoms with E-state index in [9.17, 15) is 4.79 Å². The molecular weight excluding hydrogens is 382 g/mol. The summed E-state index contributed by atoms with van der Waals surface area (Å²) in [7, 11) is 3.29. The highest BCUT2D eigenvalue weighted by Gasteiger charge is 2.27. The van der Waals surface area contributed by atoms with Crippen molar-refractivity contribution in [1.29, 1.82) is 0 Å². The Morgan fingerprint density at radius 1 is 1.00 bits per heavy atom. The molecule has 1 atom stereocenters. The zero-order valence-corrected chi connectivity index (χ0v) is 17.4. The van der Waals surface area contributed by atoms with E-state index in [0.29, 0.717) is 12.3 Å². The van der Waals surface area contributed by atoms with Gasteiger partial charge in [-0.25, -0.2) is 4.79 Å². The lowest BCUT2D eigenvalue weighted by Gasteiger charge is -2.26. The number of ether oxygens (including phenoxy) is 3. The van der Waals surface area contributed by atoms with Crippen LogP contribution in [0.2, 0.25) is 0 Å². The lowest BCUT2D eigenvalue weighted by molar-refractivity contribution is -0.932. The van der Waals surface area contributed by atoms with Gasteiger partial charge in [0.1, 0.15) is 12.3 Å². The van der Waals surface area contributed by atoms with Crippen LogP contribution in [-0.2, 0) is 25.8 Å². The highest BCUT2D eigenvalue weighted by Crippen LogP contribution is 2.34. The fourth-order valence-corrected chi connectivity index (χ4v) is 4.69. The number of quaternary nitrogens is 1. The molecule has 2 aliphatic rings. The molecule has 6 nitrogen and oxygen atoms in total. The summed E-state index contributed by atoms with van der Waals surface area (Å²) >= 11 is 0. The van der Waals surface area contributed by atoms with Crippen LogP contribution in [0.25, 0.3) is 11.0 Å². The fourth-order valence-electron chi connectivity index (χ4n) is 4.69. The van der Waals surface area contributed by atoms with Crippen molar-refractivity contribution in [2.45, 2.75) is 32.2 Å². The van der Waals surface area contributed by atoms with Gasteiger partial charge in [-0.1, -0.05) is 6.07 Å². The van der Waals surface area contributed by atoms with Crippen molar-refractivity contribution < 1.29 is 23.5 Å². The van der Waals surface area contributed by atoms with E-state index >= 15 is 0 Å². The van der Waals surface area contributed by atoms with Gasteiger partial charge in [0, 0.05) is 17.4 Å². The second-order valence-corrected chi connectivity index (χ2v) is 8.02. The van der Waals surface area contributed by atoms with Crippen molar-refractivity contribution in [3.8, 4) is 17.2 Å². The first-order chi connectivity index (χ1) is 14.7. The molecule has 156 valence electrons. The van der Waals surface area contributed by atoms with Crippen LogP contribution >= 0.6 is 0 Å².